The number of hydrogen-bond donors (Lipinski definition) is 0. The Morgan fingerprint density at radius 3 is 2.39 bits per heavy atom. The fraction of sp³-hybridized carbons (Fsp3) is 0.562. The lowest BCUT2D eigenvalue weighted by atomic mass is 10.1. The third kappa shape index (κ3) is 3.17. The molecule has 126 valence electrons. The smallest absolute Gasteiger partial charge is 0.311 e. The molecule has 7 heteroatoms. The normalized spacial score (nSPS) is 25.7. The molecule has 1 saturated carbocycles. The monoisotopic (exact) mass is 359 g/mol. The zero-order valence-electron chi connectivity index (χ0n) is 13.5. The quantitative estimate of drug-likeness (QED) is 0.558. The number of esters is 1. The summed E-state index contributed by atoms with van der Waals surface area (Å²) in [4.78, 5) is 37.3. The minimum atomic E-state index is -0.464. The molecule has 2 atom stereocenters. The Kier molecular flexibility index (Phi) is 4.92. The van der Waals surface area contributed by atoms with Crippen LogP contribution in [0, 0.1) is 17.3 Å². The lowest BCUT2D eigenvalue weighted by Crippen LogP contribution is -2.35. The van der Waals surface area contributed by atoms with Gasteiger partial charge in [-0.15, -0.1) is 0 Å². The van der Waals surface area contributed by atoms with Crippen molar-refractivity contribution >= 4 is 41.0 Å². The molecule has 1 aliphatic heterocycles. The first-order valence-electron chi connectivity index (χ1n) is 7.38. The lowest BCUT2D eigenvalue weighted by Gasteiger charge is -2.15. The van der Waals surface area contributed by atoms with E-state index in [1.165, 1.54) is 0 Å². The molecule has 23 heavy (non-hydrogen) atoms. The molecule has 1 fully saturated rings. The summed E-state index contributed by atoms with van der Waals surface area (Å²) in [7, 11) is 0. The van der Waals surface area contributed by atoms with E-state index in [1.807, 2.05) is 13.8 Å². The first kappa shape index (κ1) is 18.0. The number of halogens is 2. The Labute approximate surface area is 145 Å². The van der Waals surface area contributed by atoms with Crippen molar-refractivity contribution in [3.05, 3.63) is 21.7 Å². The van der Waals surface area contributed by atoms with Crippen LogP contribution in [0.1, 0.15) is 34.1 Å². The maximum absolute atomic E-state index is 12.2. The Balaban J connectivity index is 1.98. The van der Waals surface area contributed by atoms with Gasteiger partial charge in [-0.3, -0.25) is 14.4 Å². The van der Waals surface area contributed by atoms with Crippen molar-refractivity contribution in [1.29, 1.82) is 0 Å². The summed E-state index contributed by atoms with van der Waals surface area (Å²) >= 11 is 11.3. The second kappa shape index (κ2) is 6.29. The van der Waals surface area contributed by atoms with Crippen LogP contribution in [-0.2, 0) is 19.1 Å². The van der Waals surface area contributed by atoms with Crippen molar-refractivity contribution < 1.29 is 19.1 Å². The number of carbonyl (C=O) groups is 3. The molecule has 2 rings (SSSR count). The first-order valence-corrected chi connectivity index (χ1v) is 8.13. The predicted molar refractivity (Wildman–Crippen MR) is 86.4 cm³/mol. The van der Waals surface area contributed by atoms with Gasteiger partial charge in [-0.1, -0.05) is 44.0 Å². The summed E-state index contributed by atoms with van der Waals surface area (Å²) in [5, 5.41) is 0. The van der Waals surface area contributed by atoms with E-state index in [2.05, 4.69) is 0 Å². The Morgan fingerprint density at radius 1 is 1.30 bits per heavy atom. The average Bonchev–Trinajstić information content (AvgIpc) is 2.90. The molecule has 1 aliphatic carbocycles. The van der Waals surface area contributed by atoms with Gasteiger partial charge in [-0.25, -0.2) is 4.90 Å². The molecule has 2 aliphatic rings. The number of imide groups is 1. The van der Waals surface area contributed by atoms with Crippen LogP contribution >= 0.6 is 23.2 Å². The molecule has 0 N–H and O–H groups in total. The highest BCUT2D eigenvalue weighted by Gasteiger charge is 2.61. The van der Waals surface area contributed by atoms with Crippen LogP contribution in [0.25, 0.3) is 0 Å². The maximum atomic E-state index is 12.2. The van der Waals surface area contributed by atoms with Crippen LogP contribution in [0.15, 0.2) is 21.7 Å². The van der Waals surface area contributed by atoms with Gasteiger partial charge in [0, 0.05) is 11.1 Å². The Hall–Kier alpha value is -1.33. The van der Waals surface area contributed by atoms with Crippen LogP contribution < -0.4 is 0 Å². The van der Waals surface area contributed by atoms with Crippen molar-refractivity contribution in [3.63, 3.8) is 0 Å². The topological polar surface area (TPSA) is 63.7 Å². The van der Waals surface area contributed by atoms with Gasteiger partial charge >= 0.3 is 5.97 Å². The van der Waals surface area contributed by atoms with Gasteiger partial charge in [0.1, 0.15) is 4.49 Å². The van der Waals surface area contributed by atoms with E-state index in [-0.39, 0.29) is 28.5 Å². The molecule has 2 unspecified atom stereocenters. The summed E-state index contributed by atoms with van der Waals surface area (Å²) in [6.07, 6.45) is 2.08. The second-order valence-electron chi connectivity index (χ2n) is 6.37. The van der Waals surface area contributed by atoms with E-state index in [0.717, 1.165) is 4.90 Å². The average molecular weight is 360 g/mol. The van der Waals surface area contributed by atoms with Gasteiger partial charge in [0.05, 0.1) is 5.92 Å². The van der Waals surface area contributed by atoms with Crippen LogP contribution in [0.4, 0.5) is 0 Å². The van der Waals surface area contributed by atoms with Gasteiger partial charge < -0.3 is 4.74 Å². The molecule has 0 radical (unpaired) electrons. The highest BCUT2D eigenvalue weighted by Crippen LogP contribution is 2.60. The summed E-state index contributed by atoms with van der Waals surface area (Å²) < 4.78 is 5.29. The van der Waals surface area contributed by atoms with E-state index in [1.54, 1.807) is 19.9 Å². The molecule has 0 spiro atoms. The third-order valence-electron chi connectivity index (χ3n) is 4.68. The van der Waals surface area contributed by atoms with E-state index in [0.29, 0.717) is 17.6 Å². The van der Waals surface area contributed by atoms with E-state index < -0.39 is 17.8 Å². The third-order valence-corrected chi connectivity index (χ3v) is 4.93. The van der Waals surface area contributed by atoms with Gasteiger partial charge in [0.2, 0.25) is 0 Å². The predicted octanol–water partition coefficient (Wildman–Crippen LogP) is 3.17. The number of rotatable bonds is 5. The summed E-state index contributed by atoms with van der Waals surface area (Å²) in [5.74, 6) is -1.76. The highest BCUT2D eigenvalue weighted by molar-refractivity contribution is 6.55. The standard InChI is InChI=1S/C16H19Cl2NO4/c1-5-9-8(2)13(20)19(14(9)21)7-23-15(22)12-10(6-11(17)18)16(12,3)4/h6,10,12H,5,7H2,1-4H3. The Morgan fingerprint density at radius 2 is 1.91 bits per heavy atom. The number of hydrogen-bond acceptors (Lipinski definition) is 4. The van der Waals surface area contributed by atoms with E-state index in [4.69, 9.17) is 27.9 Å². The molecule has 5 nitrogen and oxygen atoms in total. The summed E-state index contributed by atoms with van der Waals surface area (Å²) in [5.41, 5.74) is 0.566. The molecule has 2 amide bonds. The zero-order valence-corrected chi connectivity index (χ0v) is 15.0. The molecule has 0 aromatic carbocycles. The van der Waals surface area contributed by atoms with E-state index in [9.17, 15) is 14.4 Å². The molecule has 0 bridgehead atoms. The first-order chi connectivity index (χ1) is 10.6. The molecule has 1 heterocycles. The Bertz CT molecular complexity index is 632. The lowest BCUT2D eigenvalue weighted by molar-refractivity contribution is -0.156. The van der Waals surface area contributed by atoms with Crippen molar-refractivity contribution in [1.82, 2.24) is 4.90 Å². The van der Waals surface area contributed by atoms with Crippen molar-refractivity contribution in [2.45, 2.75) is 34.1 Å². The van der Waals surface area contributed by atoms with Gasteiger partial charge in [0.15, 0.2) is 6.73 Å². The number of carbonyl (C=O) groups excluding carboxylic acids is 3. The molecular formula is C16H19Cl2NO4. The number of allylic oxidation sites excluding steroid dienone is 1. The summed E-state index contributed by atoms with van der Waals surface area (Å²) in [6, 6.07) is 0. The molecule has 0 aromatic heterocycles. The highest BCUT2D eigenvalue weighted by atomic mass is 35.5. The van der Waals surface area contributed by atoms with Gasteiger partial charge in [-0.2, -0.15) is 0 Å². The maximum Gasteiger partial charge on any atom is 0.311 e. The molecule has 0 saturated heterocycles. The number of nitrogens with zero attached hydrogens (tertiary/aromatic N) is 1. The minimum Gasteiger partial charge on any atom is -0.443 e. The molecule has 0 aromatic rings. The van der Waals surface area contributed by atoms with Gasteiger partial charge in [0.25, 0.3) is 11.8 Å². The zero-order chi connectivity index (χ0) is 17.5. The fourth-order valence-electron chi connectivity index (χ4n) is 3.07. The molecular weight excluding hydrogens is 341 g/mol. The SMILES string of the molecule is CCC1=C(C)C(=O)N(COC(=O)C2C(C=C(Cl)Cl)C2(C)C)C1=O. The van der Waals surface area contributed by atoms with Crippen LogP contribution in [0.3, 0.4) is 0 Å². The van der Waals surface area contributed by atoms with Crippen molar-refractivity contribution in [3.8, 4) is 0 Å². The second-order valence-corrected chi connectivity index (χ2v) is 7.38. The number of amides is 2. The minimum absolute atomic E-state index is 0.107. The van der Waals surface area contributed by atoms with Crippen LogP contribution in [0.2, 0.25) is 0 Å². The van der Waals surface area contributed by atoms with Crippen LogP contribution in [-0.4, -0.2) is 29.4 Å². The van der Waals surface area contributed by atoms with Crippen LogP contribution in [0.5, 0.6) is 0 Å². The van der Waals surface area contributed by atoms with Gasteiger partial charge in [-0.05, 0) is 30.8 Å². The number of ether oxygens (including phenoxy) is 1. The summed E-state index contributed by atoms with van der Waals surface area (Å²) in [6.45, 7) is 6.86. The fourth-order valence-corrected chi connectivity index (χ4v) is 3.34. The van der Waals surface area contributed by atoms with Crippen molar-refractivity contribution in [2.24, 2.45) is 17.3 Å². The van der Waals surface area contributed by atoms with Crippen molar-refractivity contribution in [2.75, 3.05) is 6.73 Å². The largest absolute Gasteiger partial charge is 0.443 e. The van der Waals surface area contributed by atoms with E-state index >= 15 is 0 Å².